The molecule has 1 aromatic heterocycles. The van der Waals surface area contributed by atoms with E-state index >= 15 is 4.39 Å². The minimum atomic E-state index is -1.42. The predicted molar refractivity (Wildman–Crippen MR) is 161 cm³/mol. The number of likely N-dealkylation sites (tertiary alicyclic amines) is 1. The summed E-state index contributed by atoms with van der Waals surface area (Å²) in [5, 5.41) is 3.65. The van der Waals surface area contributed by atoms with Crippen LogP contribution in [0.5, 0.6) is 0 Å². The van der Waals surface area contributed by atoms with Crippen molar-refractivity contribution < 1.29 is 23.2 Å². The number of rotatable bonds is 7. The topological polar surface area (TPSA) is 95.5 Å². The lowest BCUT2D eigenvalue weighted by molar-refractivity contribution is -0.137. The number of hydrogen-bond acceptors (Lipinski definition) is 5. The van der Waals surface area contributed by atoms with Crippen LogP contribution in [0.25, 0.3) is 22.0 Å². The molecule has 43 heavy (non-hydrogen) atoms. The zero-order chi connectivity index (χ0) is 30.2. The first-order valence-electron chi connectivity index (χ1n) is 14.1. The van der Waals surface area contributed by atoms with Crippen molar-refractivity contribution in [3.8, 4) is 11.1 Å². The quantitative estimate of drug-likeness (QED) is 0.256. The molecule has 2 atom stereocenters. The highest BCUT2D eigenvalue weighted by molar-refractivity contribution is 6.33. The second-order valence-electron chi connectivity index (χ2n) is 11.0. The van der Waals surface area contributed by atoms with Gasteiger partial charge < -0.3 is 14.8 Å². The highest BCUT2D eigenvalue weighted by atomic mass is 35.5. The average molecular weight is 606 g/mol. The average Bonchev–Trinajstić information content (AvgIpc) is 3.74. The van der Waals surface area contributed by atoms with Crippen molar-refractivity contribution in [1.82, 2.24) is 20.3 Å². The number of halogens is 3. The highest BCUT2D eigenvalue weighted by Crippen LogP contribution is 2.34. The van der Waals surface area contributed by atoms with Crippen molar-refractivity contribution in [2.75, 3.05) is 25.0 Å². The van der Waals surface area contributed by atoms with Gasteiger partial charge in [-0.3, -0.25) is 25.2 Å². The first kappa shape index (κ1) is 29.0. The van der Waals surface area contributed by atoms with Gasteiger partial charge in [0, 0.05) is 58.7 Å². The number of fused-ring (bicyclic) bond motifs is 1. The van der Waals surface area contributed by atoms with Crippen LogP contribution in [0.4, 0.5) is 14.5 Å². The normalized spacial score (nSPS) is 18.8. The first-order chi connectivity index (χ1) is 20.7. The van der Waals surface area contributed by atoms with Crippen LogP contribution in [0.3, 0.4) is 0 Å². The summed E-state index contributed by atoms with van der Waals surface area (Å²) in [6.45, 7) is 2.38. The number of carbonyl (C=O) groups excluding carboxylic acids is 3. The molecule has 2 aliphatic rings. The van der Waals surface area contributed by atoms with Crippen LogP contribution in [0, 0.1) is 5.82 Å². The van der Waals surface area contributed by atoms with Crippen molar-refractivity contribution in [2.45, 2.75) is 38.0 Å². The van der Waals surface area contributed by atoms with Gasteiger partial charge in [-0.25, -0.2) is 8.78 Å². The summed E-state index contributed by atoms with van der Waals surface area (Å²) in [6, 6.07) is 15.9. The van der Waals surface area contributed by atoms with E-state index < -0.39 is 29.8 Å². The van der Waals surface area contributed by atoms with Crippen LogP contribution < -0.4 is 16.2 Å². The van der Waals surface area contributed by atoms with Crippen LogP contribution in [-0.2, 0) is 16.1 Å². The highest BCUT2D eigenvalue weighted by Gasteiger charge is 2.40. The first-order valence-corrected chi connectivity index (χ1v) is 14.5. The van der Waals surface area contributed by atoms with E-state index in [-0.39, 0.29) is 42.5 Å². The van der Waals surface area contributed by atoms with Gasteiger partial charge >= 0.3 is 0 Å². The molecule has 3 heterocycles. The van der Waals surface area contributed by atoms with Crippen molar-refractivity contribution in [1.29, 1.82) is 0 Å². The second-order valence-corrected chi connectivity index (χ2v) is 11.4. The van der Waals surface area contributed by atoms with Gasteiger partial charge in [0.15, 0.2) is 11.6 Å². The van der Waals surface area contributed by atoms with E-state index in [1.54, 1.807) is 47.2 Å². The van der Waals surface area contributed by atoms with Crippen molar-refractivity contribution in [3.63, 3.8) is 0 Å². The Bertz CT molecular complexity index is 1740. The van der Waals surface area contributed by atoms with Crippen LogP contribution >= 0.6 is 11.6 Å². The summed E-state index contributed by atoms with van der Waals surface area (Å²) in [5.41, 5.74) is 9.01. The van der Waals surface area contributed by atoms with Crippen LogP contribution in [-0.4, -0.2) is 58.9 Å². The van der Waals surface area contributed by atoms with Gasteiger partial charge in [-0.05, 0) is 24.6 Å². The number of alkyl halides is 1. The molecular weight excluding hydrogens is 576 g/mol. The Balaban J connectivity index is 1.27. The molecule has 11 heteroatoms. The van der Waals surface area contributed by atoms with Gasteiger partial charge in [0.2, 0.25) is 11.8 Å². The van der Waals surface area contributed by atoms with Gasteiger partial charge in [0.05, 0.1) is 17.7 Å². The number of ketones is 1. The molecule has 2 saturated heterocycles. The fourth-order valence-corrected chi connectivity index (χ4v) is 6.32. The number of amides is 2. The summed E-state index contributed by atoms with van der Waals surface area (Å²) in [7, 11) is 0. The molecule has 2 fully saturated rings. The van der Waals surface area contributed by atoms with Crippen LogP contribution in [0.1, 0.15) is 35.2 Å². The lowest BCUT2D eigenvalue weighted by Crippen LogP contribution is -2.44. The van der Waals surface area contributed by atoms with E-state index in [0.29, 0.717) is 29.2 Å². The maximum atomic E-state index is 15.5. The summed E-state index contributed by atoms with van der Waals surface area (Å²) >= 11 is 6.26. The van der Waals surface area contributed by atoms with Crippen molar-refractivity contribution in [2.24, 2.45) is 0 Å². The molecule has 0 spiro atoms. The fourth-order valence-electron chi connectivity index (χ4n) is 6.08. The van der Waals surface area contributed by atoms with Gasteiger partial charge in [0.25, 0.3) is 0 Å². The Hall–Kier alpha value is -4.12. The largest absolute Gasteiger partial charge is 0.337 e. The predicted octanol–water partition coefficient (Wildman–Crippen LogP) is 5.07. The minimum Gasteiger partial charge on any atom is -0.337 e. The number of aromatic nitrogens is 1. The van der Waals surface area contributed by atoms with E-state index in [4.69, 9.17) is 11.6 Å². The van der Waals surface area contributed by atoms with Gasteiger partial charge in [-0.1, -0.05) is 60.1 Å². The number of nitrogens with one attached hydrogen (secondary N) is 3. The molecule has 3 N–H and O–H groups in total. The summed E-state index contributed by atoms with van der Waals surface area (Å²) in [6.07, 6.45) is 0.0243. The molecule has 0 bridgehead atoms. The van der Waals surface area contributed by atoms with E-state index in [1.807, 2.05) is 18.2 Å². The molecule has 0 radical (unpaired) electrons. The van der Waals surface area contributed by atoms with Crippen molar-refractivity contribution in [3.05, 3.63) is 88.8 Å². The monoisotopic (exact) mass is 605 g/mol. The van der Waals surface area contributed by atoms with Crippen LogP contribution in [0.15, 0.2) is 66.9 Å². The maximum Gasteiger partial charge on any atom is 0.247 e. The van der Waals surface area contributed by atoms with E-state index in [9.17, 15) is 18.8 Å². The summed E-state index contributed by atoms with van der Waals surface area (Å²) < 4.78 is 32.0. The molecule has 2 aliphatic heterocycles. The van der Waals surface area contributed by atoms with Gasteiger partial charge in [0.1, 0.15) is 18.8 Å². The fraction of sp³-hybridized carbons (Fsp3) is 0.281. The zero-order valence-corrected chi connectivity index (χ0v) is 24.1. The molecule has 0 unspecified atom stereocenters. The Morgan fingerprint density at radius 3 is 2.47 bits per heavy atom. The Labute approximate surface area is 252 Å². The second kappa shape index (κ2) is 11.9. The smallest absolute Gasteiger partial charge is 0.247 e. The zero-order valence-electron chi connectivity index (χ0n) is 23.4. The third-order valence-corrected chi connectivity index (χ3v) is 8.50. The molecule has 222 valence electrons. The lowest BCUT2D eigenvalue weighted by Gasteiger charge is -2.24. The molecule has 0 aliphatic carbocycles. The molecular formula is C32H30ClF2N5O3. The molecule has 0 saturated carbocycles. The molecule has 2 amide bonds. The van der Waals surface area contributed by atoms with E-state index in [0.717, 1.165) is 16.5 Å². The number of carbonyl (C=O) groups is 3. The lowest BCUT2D eigenvalue weighted by atomic mass is 9.96. The Morgan fingerprint density at radius 1 is 1.00 bits per heavy atom. The Kier molecular flexibility index (Phi) is 8.00. The third kappa shape index (κ3) is 5.53. The third-order valence-electron chi connectivity index (χ3n) is 8.17. The molecule has 3 aromatic carbocycles. The number of Topliss-reactive ketones (excluding diaryl/α,β-unsaturated/α-hetero) is 1. The summed E-state index contributed by atoms with van der Waals surface area (Å²) in [5.74, 6) is -1.87. The molecule has 6 rings (SSSR count). The number of nitrogens with zero attached hydrogens (tertiary/aromatic N) is 2. The number of para-hydroxylation sites is 1. The molecule has 4 aromatic rings. The molecule has 8 nitrogen and oxygen atoms in total. The maximum absolute atomic E-state index is 15.5. The van der Waals surface area contributed by atoms with Gasteiger partial charge in [-0.2, -0.15) is 0 Å². The number of hydrogen-bond donors (Lipinski definition) is 3. The SMILES string of the molecule is CC(=O)c1cn(CC(=O)N2C[C@H](F)C[C@H]2C(=O)Nc2cccc(-c3ccccc3Cl)c2F)c2c(C3CNNC3)cccc12. The summed E-state index contributed by atoms with van der Waals surface area (Å²) in [4.78, 5) is 40.8. The number of hydrazine groups is 1. The standard InChI is InChI=1S/C32H30ClF2N5O3/c1-18(41)25-16-39(31-21(7-4-9-24(25)31)19-13-36-37-14-19)17-29(42)40-15-20(34)12-28(40)32(43)38-27-11-5-8-23(30(27)35)22-6-2-3-10-26(22)33/h2-11,16,19-20,28,36-37H,12-15,17H2,1H3,(H,38,43)/t20-,28+/m1/s1. The number of benzene rings is 3. The van der Waals surface area contributed by atoms with Crippen molar-refractivity contribution >= 4 is 45.8 Å². The van der Waals surface area contributed by atoms with E-state index in [2.05, 4.69) is 16.2 Å². The Morgan fingerprint density at radius 2 is 1.72 bits per heavy atom. The number of anilines is 1. The van der Waals surface area contributed by atoms with E-state index in [1.165, 1.54) is 17.9 Å². The minimum absolute atomic E-state index is 0.0944. The van der Waals surface area contributed by atoms with Crippen LogP contribution in [0.2, 0.25) is 5.02 Å². The van der Waals surface area contributed by atoms with Gasteiger partial charge in [-0.15, -0.1) is 0 Å².